The van der Waals surface area contributed by atoms with Gasteiger partial charge in [0.25, 0.3) is 0 Å². The van der Waals surface area contributed by atoms with E-state index in [1.807, 2.05) is 42.6 Å². The molecule has 234 valence electrons. The van der Waals surface area contributed by atoms with E-state index in [-0.39, 0.29) is 0 Å². The second-order valence-corrected chi connectivity index (χ2v) is 12.6. The third-order valence-electron chi connectivity index (χ3n) is 9.90. The fourth-order valence-corrected chi connectivity index (χ4v) is 7.92. The van der Waals surface area contributed by atoms with Crippen LogP contribution in [0.2, 0.25) is 0 Å². The van der Waals surface area contributed by atoms with Crippen molar-refractivity contribution in [2.75, 3.05) is 0 Å². The second-order valence-electron chi connectivity index (χ2n) is 12.6. The molecule has 0 unspecified atom stereocenters. The number of hydrogen-bond donors (Lipinski definition) is 0. The average molecular weight is 639 g/mol. The molecule has 0 saturated heterocycles. The smallest absolute Gasteiger partial charge is 0.235 e. The fraction of sp³-hybridized carbons (Fsp3) is 0. The lowest BCUT2D eigenvalue weighted by molar-refractivity contribution is 0.994. The van der Waals surface area contributed by atoms with E-state index in [2.05, 4.69) is 143 Å². The summed E-state index contributed by atoms with van der Waals surface area (Å²) in [4.78, 5) is 10.1. The summed E-state index contributed by atoms with van der Waals surface area (Å²) in [6, 6.07) is 51.6. The molecule has 3 aromatic heterocycles. The summed E-state index contributed by atoms with van der Waals surface area (Å²) in [5.41, 5.74) is 8.71. The van der Waals surface area contributed by atoms with Gasteiger partial charge in [0, 0.05) is 49.8 Å². The van der Waals surface area contributed by atoms with Crippen LogP contribution in [0.15, 0.2) is 171 Å². The number of para-hydroxylation sites is 3. The van der Waals surface area contributed by atoms with Crippen molar-refractivity contribution in [2.24, 2.45) is 0 Å². The van der Waals surface area contributed by atoms with E-state index in [1.165, 1.54) is 48.7 Å². The van der Waals surface area contributed by atoms with Crippen molar-refractivity contribution < 1.29 is 0 Å². The zero-order chi connectivity index (χ0) is 33.2. The zero-order valence-corrected chi connectivity index (χ0v) is 27.2. The van der Waals surface area contributed by atoms with Gasteiger partial charge in [0.05, 0.1) is 27.8 Å². The Hall–Kier alpha value is -6.78. The number of fused-ring (bicyclic) bond motifs is 12. The lowest BCUT2D eigenvalue weighted by Crippen LogP contribution is -2.02. The molecule has 10 aromatic rings. The first-order chi connectivity index (χ1) is 24.8. The molecular weight excluding hydrogens is 609 g/mol. The topological polar surface area (TPSA) is 35.6 Å². The quantitative estimate of drug-likeness (QED) is 0.139. The molecule has 0 fully saturated rings. The fourth-order valence-electron chi connectivity index (χ4n) is 7.92. The average Bonchev–Trinajstić information content (AvgIpc) is 3.72. The van der Waals surface area contributed by atoms with Gasteiger partial charge >= 0.3 is 0 Å². The van der Waals surface area contributed by atoms with Crippen LogP contribution in [0.25, 0.3) is 94.1 Å². The highest BCUT2D eigenvalue weighted by atomic mass is 15.2. The normalized spacial score (nSPS) is 12.0. The summed E-state index contributed by atoms with van der Waals surface area (Å²) >= 11 is 0. The Morgan fingerprint density at radius 2 is 1.12 bits per heavy atom. The molecule has 50 heavy (non-hydrogen) atoms. The van der Waals surface area contributed by atoms with E-state index in [9.17, 15) is 0 Å². The molecule has 0 atom stereocenters. The van der Waals surface area contributed by atoms with E-state index >= 15 is 0 Å². The van der Waals surface area contributed by atoms with E-state index in [0.717, 1.165) is 38.9 Å². The first-order valence-corrected chi connectivity index (χ1v) is 16.9. The van der Waals surface area contributed by atoms with Crippen LogP contribution in [-0.2, 0) is 0 Å². The maximum Gasteiger partial charge on any atom is 0.235 e. The molecule has 0 spiro atoms. The summed E-state index contributed by atoms with van der Waals surface area (Å²) < 4.78 is 4.69. The van der Waals surface area contributed by atoms with Crippen LogP contribution >= 0.6 is 0 Å². The number of hydrogen-bond acceptors (Lipinski definition) is 2. The van der Waals surface area contributed by atoms with Gasteiger partial charge in [-0.3, -0.25) is 4.57 Å². The van der Waals surface area contributed by atoms with Crippen molar-refractivity contribution in [3.05, 3.63) is 176 Å². The third-order valence-corrected chi connectivity index (χ3v) is 9.90. The van der Waals surface area contributed by atoms with Gasteiger partial charge in [0.1, 0.15) is 0 Å². The number of rotatable bonds is 5. The zero-order valence-electron chi connectivity index (χ0n) is 27.2. The Labute approximate surface area is 288 Å². The van der Waals surface area contributed by atoms with Crippen LogP contribution in [0.4, 0.5) is 0 Å². The van der Waals surface area contributed by atoms with E-state index in [1.54, 1.807) is 0 Å². The first kappa shape index (κ1) is 28.3. The maximum atomic E-state index is 5.21. The lowest BCUT2D eigenvalue weighted by Gasteiger charge is -2.15. The summed E-state index contributed by atoms with van der Waals surface area (Å²) in [6.07, 6.45) is 7.96. The van der Waals surface area contributed by atoms with E-state index in [4.69, 9.17) is 9.97 Å². The van der Waals surface area contributed by atoms with Gasteiger partial charge in [-0.2, -0.15) is 0 Å². The summed E-state index contributed by atoms with van der Waals surface area (Å²) in [6.45, 7) is 4.02. The highest BCUT2D eigenvalue weighted by molar-refractivity contribution is 6.40. The third kappa shape index (κ3) is 4.06. The highest BCUT2D eigenvalue weighted by Gasteiger charge is 2.25. The van der Waals surface area contributed by atoms with Gasteiger partial charge in [-0.15, -0.1) is 0 Å². The molecule has 7 aromatic carbocycles. The number of nitrogens with zero attached hydrogens (tertiary/aromatic N) is 4. The van der Waals surface area contributed by atoms with E-state index in [0.29, 0.717) is 5.95 Å². The van der Waals surface area contributed by atoms with Gasteiger partial charge in [-0.05, 0) is 52.7 Å². The Kier molecular flexibility index (Phi) is 6.30. The van der Waals surface area contributed by atoms with E-state index < -0.39 is 0 Å². The minimum absolute atomic E-state index is 0.649. The second kappa shape index (κ2) is 11.1. The summed E-state index contributed by atoms with van der Waals surface area (Å²) in [5, 5.41) is 9.58. The molecule has 0 aliphatic carbocycles. The molecule has 0 N–H and O–H groups in total. The van der Waals surface area contributed by atoms with Crippen LogP contribution in [0.3, 0.4) is 0 Å². The van der Waals surface area contributed by atoms with Gasteiger partial charge in [0.2, 0.25) is 5.95 Å². The molecule has 4 heteroatoms. The SMILES string of the molecule is C=C/C=C\c1cc2c3ccccc3c3c(c4ccccc4n3-c3nccc(-c4ccccc4)n3)c2c2c3ccccc3n(-c3ccccc3)c12. The Balaban J connectivity index is 1.48. The molecule has 0 aliphatic heterocycles. The Morgan fingerprint density at radius 3 is 1.84 bits per heavy atom. The highest BCUT2D eigenvalue weighted by Crippen LogP contribution is 2.48. The van der Waals surface area contributed by atoms with Gasteiger partial charge in [-0.1, -0.05) is 134 Å². The lowest BCUT2D eigenvalue weighted by atomic mass is 9.91. The summed E-state index contributed by atoms with van der Waals surface area (Å²) in [5.74, 6) is 0.649. The van der Waals surface area contributed by atoms with Crippen molar-refractivity contribution >= 4 is 71.2 Å². The van der Waals surface area contributed by atoms with Crippen molar-refractivity contribution in [1.82, 2.24) is 19.1 Å². The monoisotopic (exact) mass is 638 g/mol. The van der Waals surface area contributed by atoms with Crippen LogP contribution in [0.1, 0.15) is 5.56 Å². The van der Waals surface area contributed by atoms with Gasteiger partial charge < -0.3 is 4.57 Å². The van der Waals surface area contributed by atoms with Gasteiger partial charge in [0.15, 0.2) is 0 Å². The molecule has 3 heterocycles. The maximum absolute atomic E-state index is 5.21. The molecule has 0 saturated carbocycles. The molecular formula is C46H30N4. The largest absolute Gasteiger partial charge is 0.309 e. The number of benzene rings is 7. The number of aromatic nitrogens is 4. The van der Waals surface area contributed by atoms with Gasteiger partial charge in [-0.25, -0.2) is 9.97 Å². The minimum Gasteiger partial charge on any atom is -0.309 e. The van der Waals surface area contributed by atoms with Crippen LogP contribution in [0.5, 0.6) is 0 Å². The van der Waals surface area contributed by atoms with Crippen molar-refractivity contribution in [1.29, 1.82) is 0 Å². The predicted octanol–water partition coefficient (Wildman–Crippen LogP) is 11.8. The Morgan fingerprint density at radius 1 is 0.520 bits per heavy atom. The summed E-state index contributed by atoms with van der Waals surface area (Å²) in [7, 11) is 0. The molecule has 10 rings (SSSR count). The van der Waals surface area contributed by atoms with Crippen molar-refractivity contribution in [2.45, 2.75) is 0 Å². The van der Waals surface area contributed by atoms with Crippen molar-refractivity contribution in [3.63, 3.8) is 0 Å². The molecule has 0 bridgehead atoms. The van der Waals surface area contributed by atoms with Crippen LogP contribution < -0.4 is 0 Å². The first-order valence-electron chi connectivity index (χ1n) is 16.9. The minimum atomic E-state index is 0.649. The van der Waals surface area contributed by atoms with Crippen molar-refractivity contribution in [3.8, 4) is 22.9 Å². The molecule has 4 nitrogen and oxygen atoms in total. The predicted molar refractivity (Wildman–Crippen MR) is 210 cm³/mol. The standard InChI is InChI=1S/C46H30N4/c1-2-3-16-31-29-37-33-21-10-11-22-34(33)45-43(41(37)42-35-23-12-14-25-39(35)49(44(31)42)32-19-8-5-9-20-32)36-24-13-15-26-40(36)50(45)46-47-28-27-38(48-46)30-17-6-4-7-18-30/h2-29H,1H2/b16-3-. The molecule has 0 aliphatic rings. The van der Waals surface area contributed by atoms with Crippen LogP contribution in [-0.4, -0.2) is 19.1 Å². The number of allylic oxidation sites excluding steroid dienone is 2. The molecule has 0 amide bonds. The molecule has 0 radical (unpaired) electrons. The van der Waals surface area contributed by atoms with Crippen LogP contribution in [0, 0.1) is 0 Å². The Bertz CT molecular complexity index is 2980.